The fourth-order valence-electron chi connectivity index (χ4n) is 2.41. The summed E-state index contributed by atoms with van der Waals surface area (Å²) in [7, 11) is 0. The lowest BCUT2D eigenvalue weighted by Gasteiger charge is -2.42. The topological polar surface area (TPSA) is 61.4 Å². The molecule has 1 aliphatic rings. The summed E-state index contributed by atoms with van der Waals surface area (Å²) in [6.45, 7) is 7.04. The Kier molecular flexibility index (Phi) is 6.65. The summed E-state index contributed by atoms with van der Waals surface area (Å²) < 4.78 is 0. The standard InChI is InChI=1S/C14H28N2O2/c1-12(2)7-5-3-4-6-8-16-14(9-13(17)18)10-15-11-14/h12,15-16H,3-11H2,1-2H3,(H,17,18). The number of rotatable bonds is 10. The summed E-state index contributed by atoms with van der Waals surface area (Å²) in [6.07, 6.45) is 6.56. The second-order valence-corrected chi connectivity index (χ2v) is 5.98. The smallest absolute Gasteiger partial charge is 0.305 e. The molecule has 4 heteroatoms. The minimum absolute atomic E-state index is 0.177. The van der Waals surface area contributed by atoms with Crippen LogP contribution in [0.2, 0.25) is 0 Å². The molecule has 0 spiro atoms. The van der Waals surface area contributed by atoms with E-state index < -0.39 is 5.97 Å². The quantitative estimate of drug-likeness (QED) is 0.523. The van der Waals surface area contributed by atoms with Gasteiger partial charge < -0.3 is 15.7 Å². The third-order valence-corrected chi connectivity index (χ3v) is 3.62. The molecule has 0 aromatic carbocycles. The Morgan fingerprint density at radius 3 is 2.44 bits per heavy atom. The van der Waals surface area contributed by atoms with Crippen LogP contribution in [0.15, 0.2) is 0 Å². The molecule has 18 heavy (non-hydrogen) atoms. The number of nitrogens with one attached hydrogen (secondary N) is 2. The Morgan fingerprint density at radius 1 is 1.28 bits per heavy atom. The van der Waals surface area contributed by atoms with Crippen molar-refractivity contribution in [1.82, 2.24) is 10.6 Å². The molecule has 1 aliphatic heterocycles. The summed E-state index contributed by atoms with van der Waals surface area (Å²) in [5.74, 6) is 0.101. The number of hydrogen-bond donors (Lipinski definition) is 3. The highest BCUT2D eigenvalue weighted by Crippen LogP contribution is 2.16. The third-order valence-electron chi connectivity index (χ3n) is 3.62. The van der Waals surface area contributed by atoms with Crippen molar-refractivity contribution in [2.75, 3.05) is 19.6 Å². The predicted octanol–water partition coefficient (Wildman–Crippen LogP) is 2.00. The maximum absolute atomic E-state index is 10.8. The van der Waals surface area contributed by atoms with Crippen LogP contribution in [0, 0.1) is 5.92 Å². The van der Waals surface area contributed by atoms with Gasteiger partial charge in [0.25, 0.3) is 0 Å². The van der Waals surface area contributed by atoms with Crippen LogP contribution in [-0.2, 0) is 4.79 Å². The van der Waals surface area contributed by atoms with Gasteiger partial charge in [-0.3, -0.25) is 4.79 Å². The number of hydrogen-bond acceptors (Lipinski definition) is 3. The first-order chi connectivity index (χ1) is 8.54. The molecule has 1 saturated heterocycles. The van der Waals surface area contributed by atoms with E-state index >= 15 is 0 Å². The Balaban J connectivity index is 2.01. The lowest BCUT2D eigenvalue weighted by molar-refractivity contribution is -0.139. The van der Waals surface area contributed by atoms with Crippen molar-refractivity contribution in [3.63, 3.8) is 0 Å². The molecule has 0 bridgehead atoms. The minimum Gasteiger partial charge on any atom is -0.481 e. The Morgan fingerprint density at radius 2 is 1.94 bits per heavy atom. The molecule has 0 aromatic heterocycles. The second kappa shape index (κ2) is 7.74. The zero-order valence-corrected chi connectivity index (χ0v) is 11.8. The molecule has 0 atom stereocenters. The van der Waals surface area contributed by atoms with Crippen LogP contribution in [-0.4, -0.2) is 36.2 Å². The van der Waals surface area contributed by atoms with Crippen molar-refractivity contribution in [3.05, 3.63) is 0 Å². The molecule has 0 saturated carbocycles. The average molecular weight is 256 g/mol. The van der Waals surface area contributed by atoms with Crippen molar-refractivity contribution in [2.24, 2.45) is 5.92 Å². The van der Waals surface area contributed by atoms with Gasteiger partial charge in [0, 0.05) is 13.1 Å². The van der Waals surface area contributed by atoms with Gasteiger partial charge in [-0.25, -0.2) is 0 Å². The van der Waals surface area contributed by atoms with Gasteiger partial charge >= 0.3 is 5.97 Å². The first-order valence-electron chi connectivity index (χ1n) is 7.22. The predicted molar refractivity (Wildman–Crippen MR) is 73.8 cm³/mol. The lowest BCUT2D eigenvalue weighted by atomic mass is 9.88. The van der Waals surface area contributed by atoms with E-state index in [1.165, 1.54) is 25.7 Å². The van der Waals surface area contributed by atoms with Crippen LogP contribution in [0.25, 0.3) is 0 Å². The molecule has 0 aliphatic carbocycles. The summed E-state index contributed by atoms with van der Waals surface area (Å²) in [5.41, 5.74) is -0.177. The van der Waals surface area contributed by atoms with Gasteiger partial charge in [0.05, 0.1) is 12.0 Å². The van der Waals surface area contributed by atoms with Crippen LogP contribution in [0.5, 0.6) is 0 Å². The van der Waals surface area contributed by atoms with E-state index in [1.807, 2.05) is 0 Å². The molecule has 3 N–H and O–H groups in total. The van der Waals surface area contributed by atoms with Crippen molar-refractivity contribution < 1.29 is 9.90 Å². The SMILES string of the molecule is CC(C)CCCCCCNC1(CC(=O)O)CNC1. The average Bonchev–Trinajstić information content (AvgIpc) is 2.23. The minimum atomic E-state index is -0.707. The number of carboxylic acid groups (broad SMARTS) is 1. The van der Waals surface area contributed by atoms with E-state index in [0.717, 1.165) is 32.0 Å². The summed E-state index contributed by atoms with van der Waals surface area (Å²) in [5, 5.41) is 15.4. The molecule has 106 valence electrons. The van der Waals surface area contributed by atoms with E-state index in [1.54, 1.807) is 0 Å². The zero-order chi connectivity index (χ0) is 13.4. The largest absolute Gasteiger partial charge is 0.481 e. The van der Waals surface area contributed by atoms with Gasteiger partial charge in [0.2, 0.25) is 0 Å². The van der Waals surface area contributed by atoms with Gasteiger partial charge in [0.1, 0.15) is 0 Å². The van der Waals surface area contributed by atoms with Crippen molar-refractivity contribution in [2.45, 2.75) is 57.9 Å². The zero-order valence-electron chi connectivity index (χ0n) is 11.8. The molecule has 0 radical (unpaired) electrons. The van der Waals surface area contributed by atoms with Gasteiger partial charge in [-0.1, -0.05) is 39.5 Å². The Labute approximate surface area is 111 Å². The summed E-state index contributed by atoms with van der Waals surface area (Å²) in [6, 6.07) is 0. The lowest BCUT2D eigenvalue weighted by Crippen LogP contribution is -2.68. The molecule has 1 rings (SSSR count). The van der Waals surface area contributed by atoms with Crippen LogP contribution < -0.4 is 10.6 Å². The van der Waals surface area contributed by atoms with E-state index in [-0.39, 0.29) is 12.0 Å². The highest BCUT2D eigenvalue weighted by molar-refractivity contribution is 5.68. The maximum Gasteiger partial charge on any atom is 0.305 e. The van der Waals surface area contributed by atoms with Gasteiger partial charge in [-0.05, 0) is 18.9 Å². The summed E-state index contributed by atoms with van der Waals surface area (Å²) in [4.78, 5) is 10.8. The van der Waals surface area contributed by atoms with E-state index in [9.17, 15) is 4.79 Å². The van der Waals surface area contributed by atoms with Crippen molar-refractivity contribution in [1.29, 1.82) is 0 Å². The fraction of sp³-hybridized carbons (Fsp3) is 0.929. The first kappa shape index (κ1) is 15.4. The van der Waals surface area contributed by atoms with Crippen LogP contribution in [0.3, 0.4) is 0 Å². The normalized spacial score (nSPS) is 17.7. The van der Waals surface area contributed by atoms with Crippen LogP contribution >= 0.6 is 0 Å². The number of carboxylic acids is 1. The molecule has 1 fully saturated rings. The third kappa shape index (κ3) is 5.83. The molecule has 0 aromatic rings. The Bertz CT molecular complexity index is 250. The van der Waals surface area contributed by atoms with Gasteiger partial charge in [-0.15, -0.1) is 0 Å². The number of unbranched alkanes of at least 4 members (excludes halogenated alkanes) is 3. The van der Waals surface area contributed by atoms with E-state index in [2.05, 4.69) is 24.5 Å². The van der Waals surface area contributed by atoms with E-state index in [4.69, 9.17) is 5.11 Å². The first-order valence-corrected chi connectivity index (χ1v) is 7.22. The van der Waals surface area contributed by atoms with Crippen LogP contribution in [0.1, 0.15) is 52.4 Å². The monoisotopic (exact) mass is 256 g/mol. The van der Waals surface area contributed by atoms with Gasteiger partial charge in [-0.2, -0.15) is 0 Å². The van der Waals surface area contributed by atoms with Gasteiger partial charge in [0.15, 0.2) is 0 Å². The van der Waals surface area contributed by atoms with E-state index in [0.29, 0.717) is 0 Å². The number of carbonyl (C=O) groups is 1. The maximum atomic E-state index is 10.8. The van der Waals surface area contributed by atoms with Crippen molar-refractivity contribution >= 4 is 5.97 Å². The number of aliphatic carboxylic acids is 1. The fourth-order valence-corrected chi connectivity index (χ4v) is 2.41. The molecular formula is C14H28N2O2. The highest BCUT2D eigenvalue weighted by atomic mass is 16.4. The summed E-state index contributed by atoms with van der Waals surface area (Å²) >= 11 is 0. The molecule has 0 unspecified atom stereocenters. The molecule has 4 nitrogen and oxygen atoms in total. The highest BCUT2D eigenvalue weighted by Gasteiger charge is 2.38. The Hall–Kier alpha value is -0.610. The second-order valence-electron chi connectivity index (χ2n) is 5.98. The van der Waals surface area contributed by atoms with Crippen LogP contribution in [0.4, 0.5) is 0 Å². The molecular weight excluding hydrogens is 228 g/mol. The molecule has 1 heterocycles. The molecule has 0 amide bonds. The van der Waals surface area contributed by atoms with Crippen molar-refractivity contribution in [3.8, 4) is 0 Å².